The molecule has 2 rings (SSSR count). The van der Waals surface area contributed by atoms with Crippen molar-refractivity contribution in [1.29, 1.82) is 0 Å². The number of rotatable bonds is 6. The Balaban J connectivity index is 0.00000200. The van der Waals surface area contributed by atoms with Gasteiger partial charge in [-0.05, 0) is 25.0 Å². The molecule has 0 spiro atoms. The van der Waals surface area contributed by atoms with E-state index in [1.165, 1.54) is 0 Å². The topological polar surface area (TPSA) is 44.8 Å². The second-order valence-electron chi connectivity index (χ2n) is 4.57. The summed E-state index contributed by atoms with van der Waals surface area (Å²) in [6, 6.07) is 9.63. The van der Waals surface area contributed by atoms with Gasteiger partial charge in [-0.15, -0.1) is 0 Å². The van der Waals surface area contributed by atoms with Gasteiger partial charge in [0, 0.05) is 19.6 Å². The van der Waals surface area contributed by atoms with Crippen molar-refractivity contribution in [2.45, 2.75) is 19.3 Å². The first-order valence-electron chi connectivity index (χ1n) is 6.78. The van der Waals surface area contributed by atoms with Crippen LogP contribution in [0.4, 0.5) is 0 Å². The third kappa shape index (κ3) is 6.00. The first-order chi connectivity index (χ1) is 9.36. The van der Waals surface area contributed by atoms with Gasteiger partial charge in [0.15, 0.2) is 0 Å². The number of hydrogen-bond donors (Lipinski definition) is 0. The van der Waals surface area contributed by atoms with E-state index < -0.39 is 0 Å². The van der Waals surface area contributed by atoms with Gasteiger partial charge in [-0.1, -0.05) is 18.2 Å². The molecule has 5 heteroatoms. The molecule has 1 aromatic rings. The standard InChI is InChI=1S/C15H20O4.Li.H/c16-15(13-7-11-17-12-8-13)19-10-4-9-18-14-5-2-1-3-6-14;;/h1-3,5-6,13H,4,7-12H2;;. The third-order valence-electron chi connectivity index (χ3n) is 3.10. The minimum absolute atomic E-state index is 0. The molecule has 0 radical (unpaired) electrons. The fraction of sp³-hybridized carbons (Fsp3) is 0.533. The Morgan fingerprint density at radius 3 is 2.55 bits per heavy atom. The van der Waals surface area contributed by atoms with Crippen molar-refractivity contribution in [3.63, 3.8) is 0 Å². The van der Waals surface area contributed by atoms with Crippen molar-refractivity contribution >= 4 is 24.8 Å². The van der Waals surface area contributed by atoms with Crippen LogP contribution in [0, 0.1) is 5.92 Å². The van der Waals surface area contributed by atoms with Gasteiger partial charge in [-0.2, -0.15) is 0 Å². The molecule has 1 aliphatic heterocycles. The average Bonchev–Trinajstić information content (AvgIpc) is 2.49. The van der Waals surface area contributed by atoms with E-state index >= 15 is 0 Å². The second kappa shape index (κ2) is 9.87. The molecular formula is C15H21LiO4. The predicted molar refractivity (Wildman–Crippen MR) is 78.2 cm³/mol. The summed E-state index contributed by atoms with van der Waals surface area (Å²) in [4.78, 5) is 11.7. The van der Waals surface area contributed by atoms with Crippen molar-refractivity contribution in [3.05, 3.63) is 30.3 Å². The zero-order valence-electron chi connectivity index (χ0n) is 11.0. The molecule has 1 aromatic carbocycles. The molecule has 1 fully saturated rings. The van der Waals surface area contributed by atoms with Gasteiger partial charge < -0.3 is 14.2 Å². The van der Waals surface area contributed by atoms with E-state index in [9.17, 15) is 4.79 Å². The van der Waals surface area contributed by atoms with Crippen LogP contribution < -0.4 is 4.74 Å². The Hall–Kier alpha value is -0.953. The van der Waals surface area contributed by atoms with Crippen LogP contribution in [0.15, 0.2) is 30.3 Å². The molecule has 1 saturated heterocycles. The number of esters is 1. The van der Waals surface area contributed by atoms with Gasteiger partial charge in [0.25, 0.3) is 0 Å². The molecular weight excluding hydrogens is 251 g/mol. The predicted octanol–water partition coefficient (Wildman–Crippen LogP) is 1.78. The third-order valence-corrected chi connectivity index (χ3v) is 3.10. The van der Waals surface area contributed by atoms with Gasteiger partial charge in [0.1, 0.15) is 5.75 Å². The number of hydrogen-bond acceptors (Lipinski definition) is 4. The number of ether oxygens (including phenoxy) is 3. The van der Waals surface area contributed by atoms with E-state index in [0.717, 1.165) is 18.6 Å². The van der Waals surface area contributed by atoms with Gasteiger partial charge >= 0.3 is 24.8 Å². The van der Waals surface area contributed by atoms with Crippen LogP contribution in [0.3, 0.4) is 0 Å². The molecule has 106 valence electrons. The Morgan fingerprint density at radius 2 is 1.85 bits per heavy atom. The molecule has 0 aliphatic carbocycles. The normalized spacial score (nSPS) is 15.2. The van der Waals surface area contributed by atoms with E-state index in [1.807, 2.05) is 30.3 Å². The molecule has 0 N–H and O–H groups in total. The summed E-state index contributed by atoms with van der Waals surface area (Å²) in [5.41, 5.74) is 0. The Morgan fingerprint density at radius 1 is 1.15 bits per heavy atom. The SMILES string of the molecule is O=C(OCCCOc1ccccc1)C1CCOCC1.[LiH]. The second-order valence-corrected chi connectivity index (χ2v) is 4.57. The summed E-state index contributed by atoms with van der Waals surface area (Å²) in [6.07, 6.45) is 2.27. The summed E-state index contributed by atoms with van der Waals surface area (Å²) in [5, 5.41) is 0. The molecule has 0 unspecified atom stereocenters. The summed E-state index contributed by atoms with van der Waals surface area (Å²) in [5.74, 6) is 0.769. The number of benzene rings is 1. The van der Waals surface area contributed by atoms with Crippen molar-refractivity contribution in [1.82, 2.24) is 0 Å². The van der Waals surface area contributed by atoms with Crippen LogP contribution in [0.5, 0.6) is 5.75 Å². The van der Waals surface area contributed by atoms with Gasteiger partial charge in [-0.25, -0.2) is 0 Å². The van der Waals surface area contributed by atoms with Crippen LogP contribution in [0.25, 0.3) is 0 Å². The summed E-state index contributed by atoms with van der Waals surface area (Å²) < 4.78 is 16.0. The van der Waals surface area contributed by atoms with Crippen LogP contribution in [-0.2, 0) is 14.3 Å². The molecule has 4 nitrogen and oxygen atoms in total. The van der Waals surface area contributed by atoms with Crippen LogP contribution >= 0.6 is 0 Å². The molecule has 1 heterocycles. The fourth-order valence-corrected chi connectivity index (χ4v) is 1.99. The van der Waals surface area contributed by atoms with E-state index in [4.69, 9.17) is 14.2 Å². The van der Waals surface area contributed by atoms with Gasteiger partial charge in [0.2, 0.25) is 0 Å². The zero-order valence-corrected chi connectivity index (χ0v) is 11.0. The van der Waals surface area contributed by atoms with E-state index in [0.29, 0.717) is 32.8 Å². The Bertz CT molecular complexity index is 377. The maximum absolute atomic E-state index is 11.7. The summed E-state index contributed by atoms with van der Waals surface area (Å²) in [6.45, 7) is 2.31. The first-order valence-corrected chi connectivity index (χ1v) is 6.78. The average molecular weight is 272 g/mol. The number of carbonyl (C=O) groups is 1. The zero-order chi connectivity index (χ0) is 13.3. The van der Waals surface area contributed by atoms with E-state index in [2.05, 4.69) is 0 Å². The number of carbonyl (C=O) groups excluding carboxylic acids is 1. The Labute approximate surface area is 132 Å². The minimum atomic E-state index is -0.0944. The van der Waals surface area contributed by atoms with Crippen molar-refractivity contribution in [2.75, 3.05) is 26.4 Å². The maximum atomic E-state index is 11.7. The molecule has 1 aliphatic rings. The molecule has 0 aromatic heterocycles. The van der Waals surface area contributed by atoms with Crippen molar-refractivity contribution in [2.24, 2.45) is 5.92 Å². The quantitative estimate of drug-likeness (QED) is 0.450. The summed E-state index contributed by atoms with van der Waals surface area (Å²) in [7, 11) is 0. The molecule has 0 amide bonds. The molecule has 0 atom stereocenters. The monoisotopic (exact) mass is 272 g/mol. The Kier molecular flexibility index (Phi) is 8.44. The summed E-state index contributed by atoms with van der Waals surface area (Å²) >= 11 is 0. The van der Waals surface area contributed by atoms with Crippen LogP contribution in [-0.4, -0.2) is 51.3 Å². The first kappa shape index (κ1) is 17.1. The van der Waals surface area contributed by atoms with Crippen molar-refractivity contribution in [3.8, 4) is 5.75 Å². The fourth-order valence-electron chi connectivity index (χ4n) is 1.99. The van der Waals surface area contributed by atoms with Crippen LogP contribution in [0.1, 0.15) is 19.3 Å². The van der Waals surface area contributed by atoms with Crippen molar-refractivity contribution < 1.29 is 19.0 Å². The van der Waals surface area contributed by atoms with Crippen LogP contribution in [0.2, 0.25) is 0 Å². The molecule has 0 bridgehead atoms. The van der Waals surface area contributed by atoms with Gasteiger partial charge in [-0.3, -0.25) is 4.79 Å². The van der Waals surface area contributed by atoms with E-state index in [1.54, 1.807) is 0 Å². The molecule has 20 heavy (non-hydrogen) atoms. The van der Waals surface area contributed by atoms with E-state index in [-0.39, 0.29) is 30.7 Å². The molecule has 0 saturated carbocycles. The van der Waals surface area contributed by atoms with Gasteiger partial charge in [0.05, 0.1) is 19.1 Å². The number of para-hydroxylation sites is 1.